The van der Waals surface area contributed by atoms with E-state index in [9.17, 15) is 9.90 Å². The molecular formula is C21H21NO4. The second-order valence-corrected chi connectivity index (χ2v) is 6.76. The van der Waals surface area contributed by atoms with Crippen LogP contribution >= 0.6 is 0 Å². The summed E-state index contributed by atoms with van der Waals surface area (Å²) in [7, 11) is 0. The summed E-state index contributed by atoms with van der Waals surface area (Å²) in [4.78, 5) is 12.6. The van der Waals surface area contributed by atoms with Gasteiger partial charge < -0.3 is 19.6 Å². The zero-order chi connectivity index (χ0) is 18.1. The minimum absolute atomic E-state index is 0.0272. The number of aryl methyl sites for hydroxylation is 1. The molecule has 1 aliphatic carbocycles. The molecule has 1 fully saturated rings. The van der Waals surface area contributed by atoms with Gasteiger partial charge in [-0.05, 0) is 43.5 Å². The van der Waals surface area contributed by atoms with Crippen LogP contribution in [0.1, 0.15) is 34.5 Å². The van der Waals surface area contributed by atoms with Gasteiger partial charge in [0.15, 0.2) is 0 Å². The molecule has 2 N–H and O–H groups in total. The second kappa shape index (κ2) is 6.84. The summed E-state index contributed by atoms with van der Waals surface area (Å²) in [5.74, 6) is 1.10. The van der Waals surface area contributed by atoms with E-state index in [-0.39, 0.29) is 18.1 Å². The zero-order valence-electron chi connectivity index (χ0n) is 14.6. The maximum Gasteiger partial charge on any atom is 0.255 e. The largest absolute Gasteiger partial charge is 0.489 e. The van der Waals surface area contributed by atoms with E-state index >= 15 is 0 Å². The lowest BCUT2D eigenvalue weighted by atomic mass is 9.89. The van der Waals surface area contributed by atoms with E-state index in [4.69, 9.17) is 9.15 Å². The Labute approximate surface area is 151 Å². The lowest BCUT2D eigenvalue weighted by Gasteiger charge is -2.31. The standard InChI is InChI=1S/C21H21NO4/c1-13-20(21(24)22-15-9-16(23)10-15)18-11-17(7-8-19(18)26-13)25-12-14-5-3-2-4-6-14/h2-8,11,15-16,23H,9-10,12H2,1H3,(H,22,24)/t15-,16-. The first kappa shape index (κ1) is 16.7. The average Bonchev–Trinajstić information content (AvgIpc) is 2.94. The Morgan fingerprint density at radius 3 is 2.73 bits per heavy atom. The number of ether oxygens (including phenoxy) is 1. The molecule has 134 valence electrons. The summed E-state index contributed by atoms with van der Waals surface area (Å²) in [6.45, 7) is 2.25. The van der Waals surface area contributed by atoms with Gasteiger partial charge in [-0.25, -0.2) is 0 Å². The minimum atomic E-state index is -0.305. The van der Waals surface area contributed by atoms with Crippen molar-refractivity contribution in [2.75, 3.05) is 0 Å². The molecule has 0 bridgehead atoms. The molecule has 1 aromatic heterocycles. The first-order chi connectivity index (χ1) is 12.6. The normalized spacial score (nSPS) is 19.2. The van der Waals surface area contributed by atoms with Crippen LogP contribution in [0.5, 0.6) is 5.75 Å². The number of aliphatic hydroxyl groups excluding tert-OH is 1. The van der Waals surface area contributed by atoms with Crippen LogP contribution in [0.4, 0.5) is 0 Å². The lowest BCUT2D eigenvalue weighted by molar-refractivity contribution is 0.0563. The number of benzene rings is 2. The van der Waals surface area contributed by atoms with Crippen molar-refractivity contribution >= 4 is 16.9 Å². The Bertz CT molecular complexity index is 926. The van der Waals surface area contributed by atoms with Crippen molar-refractivity contribution in [1.82, 2.24) is 5.32 Å². The third-order valence-corrected chi connectivity index (χ3v) is 4.76. The third kappa shape index (κ3) is 3.30. The number of carbonyl (C=O) groups is 1. The number of hydrogen-bond acceptors (Lipinski definition) is 4. The maximum atomic E-state index is 12.6. The van der Waals surface area contributed by atoms with Crippen LogP contribution in [-0.2, 0) is 6.61 Å². The van der Waals surface area contributed by atoms with E-state index in [1.165, 1.54) is 0 Å². The summed E-state index contributed by atoms with van der Waals surface area (Å²) < 4.78 is 11.6. The van der Waals surface area contributed by atoms with Gasteiger partial charge in [0.1, 0.15) is 23.7 Å². The Morgan fingerprint density at radius 1 is 1.23 bits per heavy atom. The van der Waals surface area contributed by atoms with Crippen LogP contribution in [0.25, 0.3) is 11.0 Å². The quantitative estimate of drug-likeness (QED) is 0.737. The lowest BCUT2D eigenvalue weighted by Crippen LogP contribution is -2.46. The highest BCUT2D eigenvalue weighted by Crippen LogP contribution is 2.30. The smallest absolute Gasteiger partial charge is 0.255 e. The fourth-order valence-corrected chi connectivity index (χ4v) is 3.28. The molecule has 0 saturated heterocycles. The van der Waals surface area contributed by atoms with Crippen LogP contribution in [0.3, 0.4) is 0 Å². The molecule has 26 heavy (non-hydrogen) atoms. The maximum absolute atomic E-state index is 12.6. The molecule has 0 atom stereocenters. The van der Waals surface area contributed by atoms with Gasteiger partial charge >= 0.3 is 0 Å². The number of amides is 1. The summed E-state index contributed by atoms with van der Waals surface area (Å²) in [5, 5.41) is 13.1. The van der Waals surface area contributed by atoms with Gasteiger partial charge in [0.05, 0.1) is 11.7 Å². The van der Waals surface area contributed by atoms with E-state index in [0.717, 1.165) is 10.9 Å². The van der Waals surface area contributed by atoms with Crippen molar-refractivity contribution in [3.05, 3.63) is 65.4 Å². The number of nitrogens with one attached hydrogen (secondary N) is 1. The number of fused-ring (bicyclic) bond motifs is 1. The van der Waals surface area contributed by atoms with Crippen molar-refractivity contribution in [2.24, 2.45) is 0 Å². The zero-order valence-corrected chi connectivity index (χ0v) is 14.6. The number of aliphatic hydroxyl groups is 1. The van der Waals surface area contributed by atoms with Gasteiger partial charge in [-0.2, -0.15) is 0 Å². The monoisotopic (exact) mass is 351 g/mol. The molecule has 5 nitrogen and oxygen atoms in total. The highest BCUT2D eigenvalue weighted by Gasteiger charge is 2.30. The minimum Gasteiger partial charge on any atom is -0.489 e. The van der Waals surface area contributed by atoms with Crippen LogP contribution < -0.4 is 10.1 Å². The molecular weight excluding hydrogens is 330 g/mol. The molecule has 4 rings (SSSR count). The van der Waals surface area contributed by atoms with Crippen LogP contribution in [0.15, 0.2) is 52.9 Å². The summed E-state index contributed by atoms with van der Waals surface area (Å²) in [6, 6.07) is 15.5. The molecule has 0 aliphatic heterocycles. The van der Waals surface area contributed by atoms with Crippen molar-refractivity contribution in [3.8, 4) is 5.75 Å². The average molecular weight is 351 g/mol. The van der Waals surface area contributed by atoms with E-state index in [2.05, 4.69) is 5.32 Å². The van der Waals surface area contributed by atoms with Gasteiger partial charge in [0.25, 0.3) is 5.91 Å². The fraction of sp³-hybridized carbons (Fsp3) is 0.286. The molecule has 5 heteroatoms. The molecule has 1 heterocycles. The van der Waals surface area contributed by atoms with Gasteiger partial charge in [0.2, 0.25) is 0 Å². The van der Waals surface area contributed by atoms with Gasteiger partial charge in [-0.15, -0.1) is 0 Å². The molecule has 1 saturated carbocycles. The van der Waals surface area contributed by atoms with E-state index in [0.29, 0.717) is 42.1 Å². The van der Waals surface area contributed by atoms with Crippen molar-refractivity contribution < 1.29 is 19.1 Å². The van der Waals surface area contributed by atoms with E-state index in [1.54, 1.807) is 6.92 Å². The predicted molar refractivity (Wildman–Crippen MR) is 98.2 cm³/mol. The molecule has 1 aliphatic rings. The van der Waals surface area contributed by atoms with Crippen molar-refractivity contribution in [1.29, 1.82) is 0 Å². The second-order valence-electron chi connectivity index (χ2n) is 6.76. The van der Waals surface area contributed by atoms with Crippen molar-refractivity contribution in [2.45, 2.75) is 38.5 Å². The van der Waals surface area contributed by atoms with Gasteiger partial charge in [0, 0.05) is 11.4 Å². The van der Waals surface area contributed by atoms with Crippen LogP contribution in [0, 0.1) is 6.92 Å². The Hall–Kier alpha value is -2.79. The molecule has 2 aromatic carbocycles. The van der Waals surface area contributed by atoms with Crippen molar-refractivity contribution in [3.63, 3.8) is 0 Å². The number of rotatable bonds is 5. The predicted octanol–water partition coefficient (Wildman–Crippen LogP) is 3.57. The molecule has 0 spiro atoms. The Balaban J connectivity index is 1.55. The highest BCUT2D eigenvalue weighted by molar-refractivity contribution is 6.07. The fourth-order valence-electron chi connectivity index (χ4n) is 3.28. The SMILES string of the molecule is Cc1oc2ccc(OCc3ccccc3)cc2c1C(=O)N[C@H]1C[C@H](O)C1. The summed E-state index contributed by atoms with van der Waals surface area (Å²) in [5.41, 5.74) is 2.28. The van der Waals surface area contributed by atoms with E-state index < -0.39 is 0 Å². The number of carbonyl (C=O) groups excluding carboxylic acids is 1. The van der Waals surface area contributed by atoms with Gasteiger partial charge in [-0.1, -0.05) is 30.3 Å². The van der Waals surface area contributed by atoms with E-state index in [1.807, 2.05) is 48.5 Å². The molecule has 3 aromatic rings. The summed E-state index contributed by atoms with van der Waals surface area (Å²) in [6.07, 6.45) is 0.901. The Morgan fingerprint density at radius 2 is 2.00 bits per heavy atom. The highest BCUT2D eigenvalue weighted by atomic mass is 16.5. The number of hydrogen-bond donors (Lipinski definition) is 2. The first-order valence-electron chi connectivity index (χ1n) is 8.79. The Kier molecular flexibility index (Phi) is 4.39. The third-order valence-electron chi connectivity index (χ3n) is 4.76. The summed E-state index contributed by atoms with van der Waals surface area (Å²) >= 11 is 0. The van der Waals surface area contributed by atoms with Crippen LogP contribution in [-0.4, -0.2) is 23.2 Å². The molecule has 0 unspecified atom stereocenters. The van der Waals surface area contributed by atoms with Crippen LogP contribution in [0.2, 0.25) is 0 Å². The molecule has 1 amide bonds. The molecule has 0 radical (unpaired) electrons. The first-order valence-corrected chi connectivity index (χ1v) is 8.79. The number of furan rings is 1. The van der Waals surface area contributed by atoms with Gasteiger partial charge in [-0.3, -0.25) is 4.79 Å². The topological polar surface area (TPSA) is 71.7 Å².